The third-order valence-electron chi connectivity index (χ3n) is 5.27. The summed E-state index contributed by atoms with van der Waals surface area (Å²) in [6.45, 7) is 3.29. The Balaban J connectivity index is 1.98. The molecule has 1 saturated carbocycles. The Hall–Kier alpha value is -1.10. The van der Waals surface area contributed by atoms with E-state index in [4.69, 9.17) is 11.5 Å². The summed E-state index contributed by atoms with van der Waals surface area (Å²) in [5.74, 6) is 0.488. The molecular formula is C16H29N3O2. The molecule has 0 spiro atoms. The summed E-state index contributed by atoms with van der Waals surface area (Å²) in [6, 6.07) is 0.225. The monoisotopic (exact) mass is 295 g/mol. The van der Waals surface area contributed by atoms with Crippen LogP contribution in [0.3, 0.4) is 0 Å². The van der Waals surface area contributed by atoms with Crippen LogP contribution in [0.5, 0.6) is 0 Å². The number of primary amides is 1. The highest BCUT2D eigenvalue weighted by Gasteiger charge is 2.36. The molecule has 2 amide bonds. The molecule has 0 aromatic carbocycles. The predicted molar refractivity (Wildman–Crippen MR) is 82.2 cm³/mol. The fourth-order valence-electron chi connectivity index (χ4n) is 3.89. The summed E-state index contributed by atoms with van der Waals surface area (Å²) in [5.41, 5.74) is 11.1. The Morgan fingerprint density at radius 2 is 1.90 bits per heavy atom. The fraction of sp³-hybridized carbons (Fsp3) is 0.875. The normalized spacial score (nSPS) is 33.7. The fourth-order valence-corrected chi connectivity index (χ4v) is 3.89. The molecule has 120 valence electrons. The molecule has 0 aromatic rings. The summed E-state index contributed by atoms with van der Waals surface area (Å²) in [4.78, 5) is 26.1. The lowest BCUT2D eigenvalue weighted by atomic mass is 9.78. The Labute approximate surface area is 127 Å². The molecule has 0 aromatic heterocycles. The van der Waals surface area contributed by atoms with Crippen LogP contribution in [0.4, 0.5) is 0 Å². The first-order valence-corrected chi connectivity index (χ1v) is 8.32. The van der Waals surface area contributed by atoms with Crippen molar-refractivity contribution in [2.24, 2.45) is 29.2 Å². The van der Waals surface area contributed by atoms with Gasteiger partial charge in [-0.2, -0.15) is 0 Å². The maximum absolute atomic E-state index is 12.8. The van der Waals surface area contributed by atoms with E-state index in [1.807, 2.05) is 4.90 Å². The Morgan fingerprint density at radius 3 is 2.57 bits per heavy atom. The number of piperidine rings is 1. The van der Waals surface area contributed by atoms with Crippen LogP contribution in [0.25, 0.3) is 0 Å². The van der Waals surface area contributed by atoms with Gasteiger partial charge in [0.2, 0.25) is 11.8 Å². The number of carbonyl (C=O) groups excluding carboxylic acids is 2. The van der Waals surface area contributed by atoms with Crippen LogP contribution in [0, 0.1) is 17.8 Å². The minimum Gasteiger partial charge on any atom is -0.369 e. The largest absolute Gasteiger partial charge is 0.369 e. The molecule has 1 heterocycles. The maximum atomic E-state index is 12.8. The number of likely N-dealkylation sites (tertiary alicyclic amines) is 1. The van der Waals surface area contributed by atoms with E-state index in [0.29, 0.717) is 19.0 Å². The summed E-state index contributed by atoms with van der Waals surface area (Å²) < 4.78 is 0. The van der Waals surface area contributed by atoms with E-state index in [9.17, 15) is 9.59 Å². The molecule has 2 rings (SSSR count). The van der Waals surface area contributed by atoms with E-state index in [-0.39, 0.29) is 29.7 Å². The van der Waals surface area contributed by atoms with Crippen molar-refractivity contribution < 1.29 is 9.59 Å². The zero-order valence-electron chi connectivity index (χ0n) is 13.1. The van der Waals surface area contributed by atoms with E-state index in [1.54, 1.807) is 0 Å². The molecule has 0 bridgehead atoms. The number of amides is 2. The van der Waals surface area contributed by atoms with Gasteiger partial charge in [0.15, 0.2) is 0 Å². The lowest BCUT2D eigenvalue weighted by Gasteiger charge is -2.40. The second kappa shape index (κ2) is 7.25. The molecule has 21 heavy (non-hydrogen) atoms. The molecule has 5 heteroatoms. The van der Waals surface area contributed by atoms with E-state index >= 15 is 0 Å². The van der Waals surface area contributed by atoms with E-state index in [0.717, 1.165) is 38.5 Å². The van der Waals surface area contributed by atoms with Gasteiger partial charge >= 0.3 is 0 Å². The zero-order chi connectivity index (χ0) is 15.4. The number of nitrogens with two attached hydrogens (primary N) is 2. The van der Waals surface area contributed by atoms with Crippen molar-refractivity contribution in [1.29, 1.82) is 0 Å². The summed E-state index contributed by atoms with van der Waals surface area (Å²) >= 11 is 0. The highest BCUT2D eigenvalue weighted by molar-refractivity contribution is 5.82. The van der Waals surface area contributed by atoms with Crippen LogP contribution in [0.1, 0.15) is 51.9 Å². The first-order chi connectivity index (χ1) is 10.0. The smallest absolute Gasteiger partial charge is 0.225 e. The highest BCUT2D eigenvalue weighted by Crippen LogP contribution is 2.34. The maximum Gasteiger partial charge on any atom is 0.225 e. The Bertz CT molecular complexity index is 384. The number of nitrogens with zero attached hydrogens (tertiary/aromatic N) is 1. The minimum atomic E-state index is -0.274. The van der Waals surface area contributed by atoms with E-state index in [2.05, 4.69) is 6.92 Å². The van der Waals surface area contributed by atoms with Gasteiger partial charge < -0.3 is 16.4 Å². The number of rotatable bonds is 4. The highest BCUT2D eigenvalue weighted by atomic mass is 16.2. The molecule has 1 aliphatic heterocycles. The average molecular weight is 295 g/mol. The van der Waals surface area contributed by atoms with Crippen molar-refractivity contribution in [3.05, 3.63) is 0 Å². The molecule has 1 aliphatic carbocycles. The van der Waals surface area contributed by atoms with Gasteiger partial charge in [-0.05, 0) is 51.5 Å². The van der Waals surface area contributed by atoms with E-state index in [1.165, 1.54) is 6.42 Å². The van der Waals surface area contributed by atoms with Gasteiger partial charge in [-0.3, -0.25) is 9.59 Å². The van der Waals surface area contributed by atoms with Crippen molar-refractivity contribution in [2.45, 2.75) is 57.9 Å². The Morgan fingerprint density at radius 1 is 1.14 bits per heavy atom. The minimum absolute atomic E-state index is 0.115. The van der Waals surface area contributed by atoms with Crippen LogP contribution in [-0.4, -0.2) is 35.8 Å². The topological polar surface area (TPSA) is 89.4 Å². The molecule has 2 aliphatic rings. The van der Waals surface area contributed by atoms with Crippen molar-refractivity contribution in [3.63, 3.8) is 0 Å². The lowest BCUT2D eigenvalue weighted by molar-refractivity contribution is -0.143. The van der Waals surface area contributed by atoms with Crippen LogP contribution >= 0.6 is 0 Å². The first-order valence-electron chi connectivity index (χ1n) is 8.32. The molecule has 4 atom stereocenters. The van der Waals surface area contributed by atoms with Gasteiger partial charge in [0.1, 0.15) is 0 Å². The second-order valence-corrected chi connectivity index (χ2v) is 6.82. The second-order valence-electron chi connectivity index (χ2n) is 6.82. The van der Waals surface area contributed by atoms with Crippen molar-refractivity contribution >= 4 is 11.8 Å². The Kier molecular flexibility index (Phi) is 5.62. The standard InChI is InChI=1S/C16H29N3O2/c1-11-5-6-14(15(18)20)10-19(11)16(21)13-4-2-3-12(9-13)7-8-17/h11-14H,2-10,17H2,1H3,(H2,18,20). The van der Waals surface area contributed by atoms with Crippen LogP contribution in [-0.2, 0) is 9.59 Å². The van der Waals surface area contributed by atoms with Crippen LogP contribution < -0.4 is 11.5 Å². The summed E-state index contributed by atoms with van der Waals surface area (Å²) in [7, 11) is 0. The molecule has 5 nitrogen and oxygen atoms in total. The lowest BCUT2D eigenvalue weighted by Crippen LogP contribution is -2.51. The van der Waals surface area contributed by atoms with Crippen molar-refractivity contribution in [3.8, 4) is 0 Å². The zero-order valence-corrected chi connectivity index (χ0v) is 13.1. The molecule has 2 fully saturated rings. The predicted octanol–water partition coefficient (Wildman–Crippen LogP) is 1.25. The number of hydrogen-bond acceptors (Lipinski definition) is 3. The van der Waals surface area contributed by atoms with E-state index < -0.39 is 0 Å². The van der Waals surface area contributed by atoms with Gasteiger partial charge in [0, 0.05) is 18.5 Å². The quantitative estimate of drug-likeness (QED) is 0.818. The molecular weight excluding hydrogens is 266 g/mol. The van der Waals surface area contributed by atoms with Gasteiger partial charge in [0.05, 0.1) is 5.92 Å². The summed E-state index contributed by atoms with van der Waals surface area (Å²) in [6.07, 6.45) is 6.94. The van der Waals surface area contributed by atoms with Crippen LogP contribution in [0.2, 0.25) is 0 Å². The van der Waals surface area contributed by atoms with Gasteiger partial charge in [0.25, 0.3) is 0 Å². The molecule has 4 N–H and O–H groups in total. The molecule has 0 radical (unpaired) electrons. The van der Waals surface area contributed by atoms with Crippen molar-refractivity contribution in [1.82, 2.24) is 4.90 Å². The third kappa shape index (κ3) is 3.96. The van der Waals surface area contributed by atoms with Gasteiger partial charge in [-0.15, -0.1) is 0 Å². The van der Waals surface area contributed by atoms with Gasteiger partial charge in [-0.1, -0.05) is 12.8 Å². The average Bonchev–Trinajstić information content (AvgIpc) is 2.47. The number of hydrogen-bond donors (Lipinski definition) is 2. The van der Waals surface area contributed by atoms with Crippen LogP contribution in [0.15, 0.2) is 0 Å². The molecule has 1 saturated heterocycles. The third-order valence-corrected chi connectivity index (χ3v) is 5.27. The SMILES string of the molecule is CC1CCC(C(N)=O)CN1C(=O)C1CCCC(CCN)C1. The summed E-state index contributed by atoms with van der Waals surface area (Å²) in [5, 5.41) is 0. The number of carbonyl (C=O) groups is 2. The molecule has 4 unspecified atom stereocenters. The van der Waals surface area contributed by atoms with Crippen molar-refractivity contribution in [2.75, 3.05) is 13.1 Å². The van der Waals surface area contributed by atoms with Gasteiger partial charge in [-0.25, -0.2) is 0 Å². The first kappa shape index (κ1) is 16.3.